The lowest BCUT2D eigenvalue weighted by molar-refractivity contribution is 0.177. The fraction of sp³-hybridized carbons (Fsp3) is 0.720. The number of nitrogens with one attached hydrogen (secondary N) is 2. The number of carbonyl (C=O) groups is 1. The fourth-order valence-corrected chi connectivity index (χ4v) is 5.37. The third-order valence-corrected chi connectivity index (χ3v) is 7.04. The summed E-state index contributed by atoms with van der Waals surface area (Å²) in [4.78, 5) is 12.8. The van der Waals surface area contributed by atoms with Crippen LogP contribution in [0.5, 0.6) is 0 Å². The van der Waals surface area contributed by atoms with E-state index < -0.39 is 0 Å². The lowest BCUT2D eigenvalue weighted by Crippen LogP contribution is -2.41. The lowest BCUT2D eigenvalue weighted by Gasteiger charge is -2.36. The quantitative estimate of drug-likeness (QED) is 0.554. The molecule has 3 nitrogen and oxygen atoms in total. The van der Waals surface area contributed by atoms with Gasteiger partial charge in [0.05, 0.1) is 0 Å². The van der Waals surface area contributed by atoms with Gasteiger partial charge >= 0.3 is 6.03 Å². The first kappa shape index (κ1) is 21.2. The Morgan fingerprint density at radius 3 is 1.89 bits per heavy atom. The van der Waals surface area contributed by atoms with E-state index in [1.165, 1.54) is 56.1 Å². The first-order chi connectivity index (χ1) is 13.5. The Morgan fingerprint density at radius 2 is 1.36 bits per heavy atom. The molecule has 0 saturated heterocycles. The summed E-state index contributed by atoms with van der Waals surface area (Å²) in [6.45, 7) is 8.76. The molecule has 1 aromatic rings. The van der Waals surface area contributed by atoms with Gasteiger partial charge in [0.1, 0.15) is 0 Å². The average Bonchev–Trinajstić information content (AvgIpc) is 2.69. The second-order valence-electron chi connectivity index (χ2n) is 9.73. The minimum atomic E-state index is -0.0314. The highest BCUT2D eigenvalue weighted by atomic mass is 16.2. The van der Waals surface area contributed by atoms with Crippen molar-refractivity contribution in [2.24, 2.45) is 11.8 Å². The Bertz CT molecular complexity index is 612. The lowest BCUT2D eigenvalue weighted by atomic mass is 9.72. The van der Waals surface area contributed by atoms with Crippen LogP contribution in [0.4, 0.5) is 10.5 Å². The van der Waals surface area contributed by atoms with Gasteiger partial charge in [-0.3, -0.25) is 0 Å². The Labute approximate surface area is 172 Å². The number of para-hydroxylation sites is 1. The summed E-state index contributed by atoms with van der Waals surface area (Å²) in [7, 11) is 0. The molecule has 0 aromatic heterocycles. The van der Waals surface area contributed by atoms with Crippen LogP contribution in [0.2, 0.25) is 0 Å². The number of benzene rings is 1. The van der Waals surface area contributed by atoms with E-state index in [0.29, 0.717) is 17.9 Å². The predicted molar refractivity (Wildman–Crippen MR) is 119 cm³/mol. The molecule has 3 heteroatoms. The fourth-order valence-electron chi connectivity index (χ4n) is 5.37. The third-order valence-electron chi connectivity index (χ3n) is 7.04. The first-order valence-electron chi connectivity index (χ1n) is 11.7. The zero-order chi connectivity index (χ0) is 20.1. The highest BCUT2D eigenvalue weighted by molar-refractivity contribution is 5.91. The van der Waals surface area contributed by atoms with Gasteiger partial charge in [0.25, 0.3) is 0 Å². The second kappa shape index (κ2) is 9.80. The molecule has 2 fully saturated rings. The topological polar surface area (TPSA) is 41.1 Å². The molecule has 2 amide bonds. The molecule has 1 aromatic carbocycles. The predicted octanol–water partition coefficient (Wildman–Crippen LogP) is 7.19. The summed E-state index contributed by atoms with van der Waals surface area (Å²) in [5, 5.41) is 6.49. The zero-order valence-electron chi connectivity index (χ0n) is 18.4. The number of rotatable bonds is 5. The summed E-state index contributed by atoms with van der Waals surface area (Å²) in [6, 6.07) is 6.69. The first-order valence-corrected chi connectivity index (χ1v) is 11.7. The Hall–Kier alpha value is -1.51. The molecule has 2 aliphatic carbocycles. The van der Waals surface area contributed by atoms with Crippen LogP contribution in [0.15, 0.2) is 18.2 Å². The number of urea groups is 1. The minimum absolute atomic E-state index is 0.0314. The molecule has 2 aliphatic rings. The molecular weight excluding hydrogens is 344 g/mol. The van der Waals surface area contributed by atoms with Gasteiger partial charge in [0.15, 0.2) is 0 Å². The molecule has 0 bridgehead atoms. The molecule has 2 saturated carbocycles. The average molecular weight is 385 g/mol. The Balaban J connectivity index is 1.56. The molecule has 156 valence electrons. The molecule has 0 aliphatic heterocycles. The molecule has 2 N–H and O–H groups in total. The molecule has 0 radical (unpaired) electrons. The highest BCUT2D eigenvalue weighted by Crippen LogP contribution is 2.38. The van der Waals surface area contributed by atoms with E-state index in [2.05, 4.69) is 56.5 Å². The van der Waals surface area contributed by atoms with Crippen molar-refractivity contribution in [2.45, 2.75) is 103 Å². The van der Waals surface area contributed by atoms with Gasteiger partial charge in [-0.05, 0) is 60.5 Å². The van der Waals surface area contributed by atoms with E-state index in [-0.39, 0.29) is 6.03 Å². The van der Waals surface area contributed by atoms with Gasteiger partial charge in [0, 0.05) is 11.7 Å². The normalized spacial score (nSPS) is 23.8. The van der Waals surface area contributed by atoms with E-state index in [1.807, 2.05) is 0 Å². The molecule has 28 heavy (non-hydrogen) atoms. The second-order valence-corrected chi connectivity index (χ2v) is 9.73. The SMILES string of the molecule is CC(C)c1cccc(C(C)C)c1NC(=O)N[C@H]1CC[C@@H](C2CCCCC2)CC1. The summed E-state index contributed by atoms with van der Waals surface area (Å²) in [5.74, 6) is 2.63. The molecular formula is C25H40N2O. The standard InChI is InChI=1S/C25H40N2O/c1-17(2)22-11-8-12-23(18(3)4)24(22)27-25(28)26-21-15-13-20(14-16-21)19-9-6-5-7-10-19/h8,11-12,17-21H,5-7,9-10,13-16H2,1-4H3,(H2,26,27,28)/t20-,21+. The van der Waals surface area contributed by atoms with Crippen LogP contribution in [0.25, 0.3) is 0 Å². The van der Waals surface area contributed by atoms with Gasteiger partial charge in [-0.25, -0.2) is 4.79 Å². The van der Waals surface area contributed by atoms with Gasteiger partial charge < -0.3 is 10.6 Å². The van der Waals surface area contributed by atoms with Crippen LogP contribution in [0, 0.1) is 11.8 Å². The van der Waals surface area contributed by atoms with E-state index >= 15 is 0 Å². The van der Waals surface area contributed by atoms with Gasteiger partial charge in [-0.15, -0.1) is 0 Å². The largest absolute Gasteiger partial charge is 0.335 e. The molecule has 0 atom stereocenters. The highest BCUT2D eigenvalue weighted by Gasteiger charge is 2.29. The maximum atomic E-state index is 12.8. The van der Waals surface area contributed by atoms with Crippen molar-refractivity contribution in [3.8, 4) is 0 Å². The third kappa shape index (κ3) is 5.30. The smallest absolute Gasteiger partial charge is 0.319 e. The van der Waals surface area contributed by atoms with Crippen LogP contribution >= 0.6 is 0 Å². The number of hydrogen-bond donors (Lipinski definition) is 2. The van der Waals surface area contributed by atoms with E-state index in [0.717, 1.165) is 30.4 Å². The minimum Gasteiger partial charge on any atom is -0.335 e. The number of carbonyl (C=O) groups excluding carboxylic acids is 1. The number of anilines is 1. The summed E-state index contributed by atoms with van der Waals surface area (Å²) in [5.41, 5.74) is 3.46. The number of amides is 2. The van der Waals surface area contributed by atoms with Crippen LogP contribution < -0.4 is 10.6 Å². The zero-order valence-corrected chi connectivity index (χ0v) is 18.4. The van der Waals surface area contributed by atoms with Crippen molar-refractivity contribution in [3.05, 3.63) is 29.3 Å². The van der Waals surface area contributed by atoms with Crippen molar-refractivity contribution >= 4 is 11.7 Å². The van der Waals surface area contributed by atoms with Gasteiger partial charge in [-0.1, -0.05) is 78.0 Å². The molecule has 0 heterocycles. The maximum absolute atomic E-state index is 12.8. The van der Waals surface area contributed by atoms with Crippen LogP contribution in [-0.4, -0.2) is 12.1 Å². The monoisotopic (exact) mass is 384 g/mol. The van der Waals surface area contributed by atoms with Gasteiger partial charge in [-0.2, -0.15) is 0 Å². The molecule has 3 rings (SSSR count). The van der Waals surface area contributed by atoms with Gasteiger partial charge in [0.2, 0.25) is 0 Å². The number of hydrogen-bond acceptors (Lipinski definition) is 1. The summed E-state index contributed by atoms with van der Waals surface area (Å²) >= 11 is 0. The molecule has 0 spiro atoms. The van der Waals surface area contributed by atoms with Crippen LogP contribution in [-0.2, 0) is 0 Å². The van der Waals surface area contributed by atoms with Crippen molar-refractivity contribution in [3.63, 3.8) is 0 Å². The van der Waals surface area contributed by atoms with E-state index in [9.17, 15) is 4.79 Å². The van der Waals surface area contributed by atoms with Crippen molar-refractivity contribution < 1.29 is 4.79 Å². The van der Waals surface area contributed by atoms with Crippen LogP contribution in [0.3, 0.4) is 0 Å². The summed E-state index contributed by atoms with van der Waals surface area (Å²) in [6.07, 6.45) is 12.0. The Morgan fingerprint density at radius 1 is 0.821 bits per heavy atom. The Kier molecular flexibility index (Phi) is 7.42. The van der Waals surface area contributed by atoms with E-state index in [1.54, 1.807) is 0 Å². The summed E-state index contributed by atoms with van der Waals surface area (Å²) < 4.78 is 0. The van der Waals surface area contributed by atoms with Crippen LogP contribution in [0.1, 0.15) is 108 Å². The van der Waals surface area contributed by atoms with Crippen molar-refractivity contribution in [1.82, 2.24) is 5.32 Å². The molecule has 0 unspecified atom stereocenters. The van der Waals surface area contributed by atoms with Crippen molar-refractivity contribution in [1.29, 1.82) is 0 Å². The van der Waals surface area contributed by atoms with Crippen molar-refractivity contribution in [2.75, 3.05) is 5.32 Å². The van der Waals surface area contributed by atoms with E-state index in [4.69, 9.17) is 0 Å². The maximum Gasteiger partial charge on any atom is 0.319 e.